The Bertz CT molecular complexity index is 954. The second kappa shape index (κ2) is 15.0. The summed E-state index contributed by atoms with van der Waals surface area (Å²) < 4.78 is 16.1. The fourth-order valence-electron chi connectivity index (χ4n) is 2.77. The van der Waals surface area contributed by atoms with Gasteiger partial charge in [-0.1, -0.05) is 0 Å². The largest absolute Gasteiger partial charge is 0.383 e. The van der Waals surface area contributed by atoms with E-state index in [1.54, 1.807) is 25.1 Å². The van der Waals surface area contributed by atoms with Gasteiger partial charge in [0.2, 0.25) is 10.9 Å². The minimum atomic E-state index is -0.443. The van der Waals surface area contributed by atoms with Gasteiger partial charge in [-0.3, -0.25) is 4.79 Å². The Kier molecular flexibility index (Phi) is 12.1. The fourth-order valence-corrected chi connectivity index (χ4v) is 3.56. The molecule has 0 atom stereocenters. The molecular weight excluding hydrogens is 464 g/mol. The Labute approximate surface area is 201 Å². The van der Waals surface area contributed by atoms with E-state index in [-0.39, 0.29) is 16.5 Å². The number of nitroso groups, excluding NO2 is 1. The molecule has 0 aliphatic heterocycles. The Balaban J connectivity index is 1.83. The van der Waals surface area contributed by atoms with Gasteiger partial charge >= 0.3 is 11.0 Å². The molecule has 0 aliphatic rings. The number of H-pyrrole nitrogens is 1. The highest BCUT2D eigenvalue weighted by atomic mass is 32.1. The van der Waals surface area contributed by atoms with Crippen LogP contribution in [0.5, 0.6) is 0 Å². The first-order chi connectivity index (χ1) is 16.4. The van der Waals surface area contributed by atoms with Gasteiger partial charge in [0.25, 0.3) is 0 Å². The van der Waals surface area contributed by atoms with Crippen molar-refractivity contribution in [3.05, 3.63) is 34.4 Å². The van der Waals surface area contributed by atoms with Crippen molar-refractivity contribution in [2.75, 3.05) is 68.7 Å². The van der Waals surface area contributed by atoms with Crippen LogP contribution in [0.3, 0.4) is 0 Å². The molecule has 1 aromatic carbocycles. The number of thiazole rings is 1. The van der Waals surface area contributed by atoms with Crippen molar-refractivity contribution in [2.24, 2.45) is 10.9 Å². The lowest BCUT2D eigenvalue weighted by molar-refractivity contribution is -0.363. The molecule has 0 fully saturated rings. The summed E-state index contributed by atoms with van der Waals surface area (Å²) in [5.41, 5.74) is 7.21. The zero-order valence-electron chi connectivity index (χ0n) is 19.3. The van der Waals surface area contributed by atoms with Crippen LogP contribution in [-0.2, 0) is 19.0 Å². The number of aryl methyl sites for hydroxylation is 1. The average molecular weight is 496 g/mol. The lowest BCUT2D eigenvalue weighted by atomic mass is 10.1. The molecule has 0 unspecified atom stereocenters. The number of ether oxygens (including phenoxy) is 3. The van der Waals surface area contributed by atoms with E-state index in [0.29, 0.717) is 74.9 Å². The van der Waals surface area contributed by atoms with Gasteiger partial charge in [0.1, 0.15) is 5.69 Å². The van der Waals surface area contributed by atoms with Crippen LogP contribution < -0.4 is 26.7 Å². The van der Waals surface area contributed by atoms with Crippen LogP contribution in [0.4, 0.5) is 21.5 Å². The van der Waals surface area contributed by atoms with Crippen molar-refractivity contribution in [3.63, 3.8) is 0 Å². The minimum Gasteiger partial charge on any atom is -0.383 e. The molecule has 2 rings (SSSR count). The summed E-state index contributed by atoms with van der Waals surface area (Å²) in [6.07, 6.45) is 0. The minimum absolute atomic E-state index is 0.252. The first-order valence-corrected chi connectivity index (χ1v) is 11.5. The summed E-state index contributed by atoms with van der Waals surface area (Å²) in [6, 6.07) is 5.00. The fraction of sp³-hybridized carbons (Fsp3) is 0.476. The number of benzene rings is 1. The molecule has 0 spiro atoms. The molecule has 0 radical (unpaired) electrons. The summed E-state index contributed by atoms with van der Waals surface area (Å²) in [5.74, 6) is -0.754. The third kappa shape index (κ3) is 9.49. The van der Waals surface area contributed by atoms with E-state index in [1.165, 1.54) is 6.92 Å². The summed E-state index contributed by atoms with van der Waals surface area (Å²) in [5, 5.41) is 12.1. The molecule has 0 saturated carbocycles. The van der Waals surface area contributed by atoms with Gasteiger partial charge in [0.15, 0.2) is 0 Å². The SMILES string of the molecule is CC(=O)Nc1cc(NCCOCCOCCOCCN)ccc1C(=O)Nc1[nH+]c(C)c(N=O)s1. The number of amides is 2. The predicted octanol–water partition coefficient (Wildman–Crippen LogP) is 1.90. The van der Waals surface area contributed by atoms with E-state index in [1.807, 2.05) is 0 Å². The third-order valence-electron chi connectivity index (χ3n) is 4.29. The zero-order chi connectivity index (χ0) is 24.8. The van der Waals surface area contributed by atoms with Gasteiger partial charge in [-0.2, -0.15) is 5.32 Å². The summed E-state index contributed by atoms with van der Waals surface area (Å²) in [4.78, 5) is 38.1. The van der Waals surface area contributed by atoms with Crippen LogP contribution >= 0.6 is 11.3 Å². The van der Waals surface area contributed by atoms with Crippen LogP contribution in [0.25, 0.3) is 0 Å². The Morgan fingerprint density at radius 1 is 1.06 bits per heavy atom. The Morgan fingerprint density at radius 3 is 2.35 bits per heavy atom. The maximum atomic E-state index is 12.7. The van der Waals surface area contributed by atoms with Crippen LogP contribution in [0.1, 0.15) is 23.0 Å². The maximum absolute atomic E-state index is 12.7. The lowest BCUT2D eigenvalue weighted by Gasteiger charge is -2.12. The molecule has 12 nitrogen and oxygen atoms in total. The molecule has 6 N–H and O–H groups in total. The number of hydrogen-bond donors (Lipinski definition) is 4. The summed E-state index contributed by atoms with van der Waals surface area (Å²) in [6.45, 7) is 6.95. The second-order valence-electron chi connectivity index (χ2n) is 7.03. The predicted molar refractivity (Wildman–Crippen MR) is 130 cm³/mol. The van der Waals surface area contributed by atoms with Crippen molar-refractivity contribution >= 4 is 44.7 Å². The zero-order valence-corrected chi connectivity index (χ0v) is 20.1. The highest BCUT2D eigenvalue weighted by Crippen LogP contribution is 2.28. The molecule has 2 amide bonds. The quantitative estimate of drug-likeness (QED) is 0.202. The number of aromatic nitrogens is 1. The Morgan fingerprint density at radius 2 is 1.74 bits per heavy atom. The van der Waals surface area contributed by atoms with E-state index in [0.717, 1.165) is 11.3 Å². The molecule has 0 bridgehead atoms. The average Bonchev–Trinajstić information content (AvgIpc) is 3.16. The van der Waals surface area contributed by atoms with Crippen LogP contribution in [0, 0.1) is 11.8 Å². The van der Waals surface area contributed by atoms with Gasteiger partial charge in [0.05, 0.1) is 50.9 Å². The topological polar surface area (TPSA) is 168 Å². The number of nitrogens with two attached hydrogens (primary N) is 1. The Hall–Kier alpha value is -2.97. The highest BCUT2D eigenvalue weighted by Gasteiger charge is 2.21. The molecular formula is C21H31N6O6S+. The number of nitrogens with zero attached hydrogens (tertiary/aromatic N) is 1. The van der Waals surface area contributed by atoms with Crippen LogP contribution in [0.15, 0.2) is 23.4 Å². The number of hydrogen-bond acceptors (Lipinski definition) is 10. The molecule has 1 aromatic heterocycles. The summed E-state index contributed by atoms with van der Waals surface area (Å²) in [7, 11) is 0. The smallest absolute Gasteiger partial charge is 0.341 e. The molecule has 0 saturated heterocycles. The van der Waals surface area contributed by atoms with Gasteiger partial charge < -0.3 is 30.6 Å². The normalized spacial score (nSPS) is 10.7. The van der Waals surface area contributed by atoms with Gasteiger partial charge in [-0.25, -0.2) is 9.78 Å². The highest BCUT2D eigenvalue weighted by molar-refractivity contribution is 7.19. The van der Waals surface area contributed by atoms with E-state index in [2.05, 4.69) is 26.1 Å². The lowest BCUT2D eigenvalue weighted by Crippen LogP contribution is -2.20. The van der Waals surface area contributed by atoms with E-state index >= 15 is 0 Å². The monoisotopic (exact) mass is 495 g/mol. The third-order valence-corrected chi connectivity index (χ3v) is 5.27. The van der Waals surface area contributed by atoms with Crippen LogP contribution in [0.2, 0.25) is 0 Å². The molecule has 13 heteroatoms. The molecule has 0 aliphatic carbocycles. The van der Waals surface area contributed by atoms with E-state index in [4.69, 9.17) is 19.9 Å². The molecule has 34 heavy (non-hydrogen) atoms. The van der Waals surface area contributed by atoms with E-state index < -0.39 is 5.91 Å². The van der Waals surface area contributed by atoms with Gasteiger partial charge in [-0.05, 0) is 34.7 Å². The molecule has 2 aromatic rings. The number of carbonyl (C=O) groups is 2. The first kappa shape index (κ1) is 27.3. The first-order valence-electron chi connectivity index (χ1n) is 10.7. The number of anilines is 3. The van der Waals surface area contributed by atoms with Gasteiger partial charge in [0, 0.05) is 32.6 Å². The van der Waals surface area contributed by atoms with Crippen molar-refractivity contribution in [1.82, 2.24) is 0 Å². The molecule has 1 heterocycles. The van der Waals surface area contributed by atoms with Crippen molar-refractivity contribution in [2.45, 2.75) is 13.8 Å². The molecule has 186 valence electrons. The maximum Gasteiger partial charge on any atom is 0.341 e. The van der Waals surface area contributed by atoms with Crippen molar-refractivity contribution in [1.29, 1.82) is 0 Å². The van der Waals surface area contributed by atoms with E-state index in [9.17, 15) is 14.5 Å². The second-order valence-corrected chi connectivity index (χ2v) is 8.02. The number of rotatable bonds is 16. The number of carbonyl (C=O) groups excluding carboxylic acids is 2. The summed E-state index contributed by atoms with van der Waals surface area (Å²) >= 11 is 1.03. The van der Waals surface area contributed by atoms with Crippen LogP contribution in [-0.4, -0.2) is 64.5 Å². The standard InChI is InChI=1S/C21H30N6O6S/c1-14-20(27-30)34-21(24-14)26-19(29)17-4-3-16(13-18(17)25-15(2)28)23-6-8-32-10-12-33-11-9-31-7-5-22/h3-4,13,23H,5-12,22H2,1-2H3,(H,25,28)(H,24,26,29)/p+1. The van der Waals surface area contributed by atoms with Gasteiger partial charge in [-0.15, -0.1) is 4.91 Å². The number of nitrogens with one attached hydrogen (secondary N) is 4. The van der Waals surface area contributed by atoms with Crippen molar-refractivity contribution in [3.8, 4) is 0 Å². The number of aromatic amines is 1. The van der Waals surface area contributed by atoms with Crippen molar-refractivity contribution < 1.29 is 28.8 Å².